The fourth-order valence-corrected chi connectivity index (χ4v) is 2.81. The van der Waals surface area contributed by atoms with Gasteiger partial charge in [0.1, 0.15) is 0 Å². The van der Waals surface area contributed by atoms with Gasteiger partial charge in [-0.25, -0.2) is 0 Å². The van der Waals surface area contributed by atoms with Crippen LogP contribution in [0.4, 0.5) is 0 Å². The molecule has 2 heterocycles. The lowest BCUT2D eigenvalue weighted by Gasteiger charge is -2.15. The number of hydrogen-bond acceptors (Lipinski definition) is 2. The second-order valence-corrected chi connectivity index (χ2v) is 5.08. The van der Waals surface area contributed by atoms with E-state index in [1.807, 2.05) is 19.3 Å². The van der Waals surface area contributed by atoms with Gasteiger partial charge in [-0.2, -0.15) is 0 Å². The Bertz CT molecular complexity index is 701. The molecule has 3 heteroatoms. The fraction of sp³-hybridized carbons (Fsp3) is 0.235. The van der Waals surface area contributed by atoms with Gasteiger partial charge in [-0.05, 0) is 30.8 Å². The second kappa shape index (κ2) is 5.47. The van der Waals surface area contributed by atoms with E-state index < -0.39 is 0 Å². The van der Waals surface area contributed by atoms with Gasteiger partial charge < -0.3 is 9.88 Å². The summed E-state index contributed by atoms with van der Waals surface area (Å²) in [6, 6.07) is 14.6. The summed E-state index contributed by atoms with van der Waals surface area (Å²) in [7, 11) is 4.09. The Labute approximate surface area is 119 Å². The van der Waals surface area contributed by atoms with Crippen molar-refractivity contribution in [1.82, 2.24) is 14.9 Å². The summed E-state index contributed by atoms with van der Waals surface area (Å²) >= 11 is 0. The topological polar surface area (TPSA) is 29.9 Å². The number of fused-ring (bicyclic) bond motifs is 1. The maximum Gasteiger partial charge on any atom is 0.0491 e. The van der Waals surface area contributed by atoms with Crippen molar-refractivity contribution in [3.8, 4) is 0 Å². The minimum absolute atomic E-state index is 0.271. The van der Waals surface area contributed by atoms with Gasteiger partial charge in [-0.15, -0.1) is 0 Å². The van der Waals surface area contributed by atoms with E-state index in [2.05, 4.69) is 64.5 Å². The minimum Gasteiger partial charge on any atom is -0.350 e. The molecule has 0 fully saturated rings. The van der Waals surface area contributed by atoms with Crippen molar-refractivity contribution in [1.29, 1.82) is 0 Å². The predicted octanol–water partition coefficient (Wildman–Crippen LogP) is 2.92. The molecule has 3 nitrogen and oxygen atoms in total. The van der Waals surface area contributed by atoms with Gasteiger partial charge in [0.2, 0.25) is 0 Å². The third-order valence-electron chi connectivity index (χ3n) is 3.76. The first kappa shape index (κ1) is 12.9. The number of nitrogens with one attached hydrogen (secondary N) is 1. The summed E-state index contributed by atoms with van der Waals surface area (Å²) in [5.74, 6) is 0.271. The quantitative estimate of drug-likeness (QED) is 0.786. The maximum absolute atomic E-state index is 4.54. The SMILES string of the molecule is CNCC(c1ccccn1)c1cn(C)c2ccccc12. The van der Waals surface area contributed by atoms with Crippen molar-refractivity contribution >= 4 is 10.9 Å². The molecule has 1 aromatic carbocycles. The van der Waals surface area contributed by atoms with Crippen LogP contribution >= 0.6 is 0 Å². The number of likely N-dealkylation sites (N-methyl/N-ethyl adjacent to an activating group) is 1. The number of nitrogens with zero attached hydrogens (tertiary/aromatic N) is 2. The Kier molecular flexibility index (Phi) is 3.52. The van der Waals surface area contributed by atoms with Gasteiger partial charge in [-0.3, -0.25) is 4.98 Å². The van der Waals surface area contributed by atoms with Crippen LogP contribution in [0.3, 0.4) is 0 Å². The molecule has 3 aromatic rings. The predicted molar refractivity (Wildman–Crippen MR) is 82.9 cm³/mol. The van der Waals surface area contributed by atoms with Crippen LogP contribution in [0.2, 0.25) is 0 Å². The van der Waals surface area contributed by atoms with E-state index in [0.717, 1.165) is 12.2 Å². The van der Waals surface area contributed by atoms with Crippen LogP contribution in [0.1, 0.15) is 17.2 Å². The molecule has 0 saturated carbocycles. The largest absolute Gasteiger partial charge is 0.350 e. The normalized spacial score (nSPS) is 12.7. The number of para-hydroxylation sites is 1. The fourth-order valence-electron chi connectivity index (χ4n) is 2.81. The third kappa shape index (κ3) is 2.21. The van der Waals surface area contributed by atoms with Crippen LogP contribution in [-0.4, -0.2) is 23.1 Å². The van der Waals surface area contributed by atoms with E-state index in [1.54, 1.807) is 0 Å². The minimum atomic E-state index is 0.271. The summed E-state index contributed by atoms with van der Waals surface area (Å²) in [6.07, 6.45) is 4.09. The molecular weight excluding hydrogens is 246 g/mol. The van der Waals surface area contributed by atoms with Crippen LogP contribution in [0.25, 0.3) is 10.9 Å². The van der Waals surface area contributed by atoms with E-state index in [9.17, 15) is 0 Å². The lowest BCUT2D eigenvalue weighted by atomic mass is 9.94. The van der Waals surface area contributed by atoms with Crippen molar-refractivity contribution in [3.05, 3.63) is 66.1 Å². The highest BCUT2D eigenvalue weighted by Gasteiger charge is 2.19. The molecule has 0 amide bonds. The van der Waals surface area contributed by atoms with E-state index in [1.165, 1.54) is 16.5 Å². The standard InChI is InChI=1S/C17H19N3/c1-18-11-14(16-8-5-6-10-19-16)15-12-20(2)17-9-4-3-7-13(15)17/h3-10,12,14,18H,11H2,1-2H3. The van der Waals surface area contributed by atoms with Crippen molar-refractivity contribution in [2.75, 3.05) is 13.6 Å². The lowest BCUT2D eigenvalue weighted by Crippen LogP contribution is -2.19. The highest BCUT2D eigenvalue weighted by Crippen LogP contribution is 2.30. The molecule has 2 aromatic heterocycles. The summed E-state index contributed by atoms with van der Waals surface area (Å²) in [4.78, 5) is 4.54. The van der Waals surface area contributed by atoms with Crippen LogP contribution in [0.15, 0.2) is 54.9 Å². The molecule has 1 N–H and O–H groups in total. The van der Waals surface area contributed by atoms with Gasteiger partial charge in [0, 0.05) is 48.5 Å². The zero-order valence-electron chi connectivity index (χ0n) is 11.9. The van der Waals surface area contributed by atoms with E-state index in [-0.39, 0.29) is 5.92 Å². The Morgan fingerprint density at radius 3 is 2.70 bits per heavy atom. The second-order valence-electron chi connectivity index (χ2n) is 5.08. The molecule has 0 radical (unpaired) electrons. The monoisotopic (exact) mass is 265 g/mol. The first-order valence-corrected chi connectivity index (χ1v) is 6.90. The number of hydrogen-bond donors (Lipinski definition) is 1. The number of aromatic nitrogens is 2. The van der Waals surface area contributed by atoms with Gasteiger partial charge in [-0.1, -0.05) is 24.3 Å². The van der Waals surface area contributed by atoms with Crippen LogP contribution in [0.5, 0.6) is 0 Å². The molecule has 1 unspecified atom stereocenters. The van der Waals surface area contributed by atoms with Crippen LogP contribution in [-0.2, 0) is 7.05 Å². The van der Waals surface area contributed by atoms with E-state index in [0.29, 0.717) is 0 Å². The zero-order chi connectivity index (χ0) is 13.9. The molecule has 0 bridgehead atoms. The lowest BCUT2D eigenvalue weighted by molar-refractivity contribution is 0.693. The summed E-state index contributed by atoms with van der Waals surface area (Å²) in [5.41, 5.74) is 3.70. The maximum atomic E-state index is 4.54. The summed E-state index contributed by atoms with van der Waals surface area (Å²) in [5, 5.41) is 4.60. The third-order valence-corrected chi connectivity index (χ3v) is 3.76. The molecule has 1 atom stereocenters. The molecule has 0 aliphatic heterocycles. The highest BCUT2D eigenvalue weighted by molar-refractivity contribution is 5.84. The van der Waals surface area contributed by atoms with Crippen LogP contribution < -0.4 is 5.32 Å². The van der Waals surface area contributed by atoms with Crippen LogP contribution in [0, 0.1) is 0 Å². The molecule has 102 valence electrons. The van der Waals surface area contributed by atoms with E-state index in [4.69, 9.17) is 0 Å². The molecule has 3 rings (SSSR count). The highest BCUT2D eigenvalue weighted by atomic mass is 14.9. The van der Waals surface area contributed by atoms with Gasteiger partial charge >= 0.3 is 0 Å². The van der Waals surface area contributed by atoms with Crippen molar-refractivity contribution < 1.29 is 0 Å². The average Bonchev–Trinajstić information content (AvgIpc) is 2.83. The van der Waals surface area contributed by atoms with E-state index >= 15 is 0 Å². The first-order valence-electron chi connectivity index (χ1n) is 6.90. The number of benzene rings is 1. The molecule has 0 aliphatic carbocycles. The Balaban J connectivity index is 2.15. The van der Waals surface area contributed by atoms with Crippen molar-refractivity contribution in [3.63, 3.8) is 0 Å². The number of pyridine rings is 1. The Morgan fingerprint density at radius 1 is 1.15 bits per heavy atom. The summed E-state index contributed by atoms with van der Waals surface area (Å²) < 4.78 is 2.19. The molecule has 0 aliphatic rings. The molecule has 0 saturated heterocycles. The van der Waals surface area contributed by atoms with Crippen molar-refractivity contribution in [2.45, 2.75) is 5.92 Å². The molecule has 20 heavy (non-hydrogen) atoms. The Morgan fingerprint density at radius 2 is 1.95 bits per heavy atom. The molecule has 0 spiro atoms. The number of aryl methyl sites for hydroxylation is 1. The zero-order valence-corrected chi connectivity index (χ0v) is 11.9. The number of rotatable bonds is 4. The van der Waals surface area contributed by atoms with Crippen molar-refractivity contribution in [2.24, 2.45) is 7.05 Å². The van der Waals surface area contributed by atoms with Gasteiger partial charge in [0.25, 0.3) is 0 Å². The average molecular weight is 265 g/mol. The first-order chi connectivity index (χ1) is 9.81. The van der Waals surface area contributed by atoms with Gasteiger partial charge in [0.05, 0.1) is 0 Å². The Hall–Kier alpha value is -2.13. The summed E-state index contributed by atoms with van der Waals surface area (Å²) in [6.45, 7) is 0.880. The van der Waals surface area contributed by atoms with Gasteiger partial charge in [0.15, 0.2) is 0 Å². The smallest absolute Gasteiger partial charge is 0.0491 e. The molecular formula is C17H19N3.